The third-order valence-electron chi connectivity index (χ3n) is 4.13. The zero-order valence-electron chi connectivity index (χ0n) is 14.7. The third-order valence-corrected chi connectivity index (χ3v) is 5.92. The van der Waals surface area contributed by atoms with E-state index in [2.05, 4.69) is 0 Å². The van der Waals surface area contributed by atoms with E-state index < -0.39 is 15.8 Å². The summed E-state index contributed by atoms with van der Waals surface area (Å²) in [6.07, 6.45) is 0. The SMILES string of the molecule is Cc1ccc(S(=O)(=O)N(Cc2cccc(C)c2)c2ccc(F)cc2)cc1. The summed E-state index contributed by atoms with van der Waals surface area (Å²) in [5.41, 5.74) is 3.32. The Bertz CT molecular complexity index is 997. The van der Waals surface area contributed by atoms with Crippen molar-refractivity contribution in [3.63, 3.8) is 0 Å². The van der Waals surface area contributed by atoms with Crippen LogP contribution in [0.15, 0.2) is 77.7 Å². The number of halogens is 1. The van der Waals surface area contributed by atoms with Crippen molar-refractivity contribution in [3.8, 4) is 0 Å². The summed E-state index contributed by atoms with van der Waals surface area (Å²) in [5, 5.41) is 0. The maximum atomic E-state index is 13.3. The van der Waals surface area contributed by atoms with Crippen molar-refractivity contribution in [1.29, 1.82) is 0 Å². The Morgan fingerprint density at radius 1 is 0.846 bits per heavy atom. The van der Waals surface area contributed by atoms with Gasteiger partial charge in [0.15, 0.2) is 0 Å². The second kappa shape index (κ2) is 7.30. The number of rotatable bonds is 5. The molecule has 0 spiro atoms. The lowest BCUT2D eigenvalue weighted by atomic mass is 10.1. The molecular formula is C21H20FNO2S. The second-order valence-corrected chi connectivity index (χ2v) is 8.15. The molecule has 3 rings (SSSR count). The van der Waals surface area contributed by atoms with Gasteiger partial charge in [0.05, 0.1) is 17.1 Å². The van der Waals surface area contributed by atoms with Crippen LogP contribution in [0.3, 0.4) is 0 Å². The fourth-order valence-electron chi connectivity index (χ4n) is 2.74. The largest absolute Gasteiger partial charge is 0.264 e. The maximum absolute atomic E-state index is 13.3. The lowest BCUT2D eigenvalue weighted by Gasteiger charge is -2.25. The Morgan fingerprint density at radius 3 is 2.12 bits per heavy atom. The Kier molecular flexibility index (Phi) is 5.09. The molecule has 0 atom stereocenters. The number of benzene rings is 3. The highest BCUT2D eigenvalue weighted by Gasteiger charge is 2.25. The van der Waals surface area contributed by atoms with Crippen LogP contribution in [0.1, 0.15) is 16.7 Å². The molecule has 0 aliphatic rings. The van der Waals surface area contributed by atoms with E-state index in [-0.39, 0.29) is 11.4 Å². The lowest BCUT2D eigenvalue weighted by molar-refractivity contribution is 0.590. The molecule has 5 heteroatoms. The van der Waals surface area contributed by atoms with Crippen molar-refractivity contribution >= 4 is 15.7 Å². The topological polar surface area (TPSA) is 37.4 Å². The standard InChI is InChI=1S/C21H20FNO2S/c1-16-6-12-21(13-7-16)26(24,25)23(20-10-8-19(22)9-11-20)15-18-5-3-4-17(2)14-18/h3-14H,15H2,1-2H3. The fraction of sp³-hybridized carbons (Fsp3) is 0.143. The molecule has 3 nitrogen and oxygen atoms in total. The van der Waals surface area contributed by atoms with E-state index in [0.717, 1.165) is 16.7 Å². The molecule has 0 aliphatic heterocycles. The lowest BCUT2D eigenvalue weighted by Crippen LogP contribution is -2.30. The predicted octanol–water partition coefficient (Wildman–Crippen LogP) is 4.84. The van der Waals surface area contributed by atoms with Crippen LogP contribution < -0.4 is 4.31 Å². The van der Waals surface area contributed by atoms with E-state index in [1.807, 2.05) is 38.1 Å². The van der Waals surface area contributed by atoms with E-state index in [1.54, 1.807) is 24.3 Å². The molecule has 0 aliphatic carbocycles. The van der Waals surface area contributed by atoms with E-state index in [9.17, 15) is 12.8 Å². The van der Waals surface area contributed by atoms with Crippen LogP contribution >= 0.6 is 0 Å². The summed E-state index contributed by atoms with van der Waals surface area (Å²) in [6.45, 7) is 4.03. The second-order valence-electron chi connectivity index (χ2n) is 6.29. The molecule has 26 heavy (non-hydrogen) atoms. The van der Waals surface area contributed by atoms with Crippen LogP contribution in [-0.4, -0.2) is 8.42 Å². The monoisotopic (exact) mass is 369 g/mol. The number of anilines is 1. The van der Waals surface area contributed by atoms with Crippen molar-refractivity contribution < 1.29 is 12.8 Å². The first kappa shape index (κ1) is 18.1. The van der Waals surface area contributed by atoms with Crippen molar-refractivity contribution in [2.24, 2.45) is 0 Å². The van der Waals surface area contributed by atoms with E-state index in [1.165, 1.54) is 28.6 Å². The number of hydrogen-bond donors (Lipinski definition) is 0. The molecule has 0 bridgehead atoms. The van der Waals surface area contributed by atoms with Gasteiger partial charge in [-0.25, -0.2) is 12.8 Å². The Balaban J connectivity index is 2.07. The van der Waals surface area contributed by atoms with Gasteiger partial charge in [-0.05, 0) is 55.8 Å². The molecule has 134 valence electrons. The van der Waals surface area contributed by atoms with Crippen molar-refractivity contribution in [2.45, 2.75) is 25.3 Å². The molecule has 0 unspecified atom stereocenters. The molecular weight excluding hydrogens is 349 g/mol. The predicted molar refractivity (Wildman–Crippen MR) is 102 cm³/mol. The number of sulfonamides is 1. The van der Waals surface area contributed by atoms with Crippen LogP contribution in [-0.2, 0) is 16.6 Å². The summed E-state index contributed by atoms with van der Waals surface area (Å²) < 4.78 is 41.1. The Hall–Kier alpha value is -2.66. The van der Waals surface area contributed by atoms with Crippen LogP contribution in [0.5, 0.6) is 0 Å². The average Bonchev–Trinajstić information content (AvgIpc) is 2.61. The number of hydrogen-bond acceptors (Lipinski definition) is 2. The first-order valence-electron chi connectivity index (χ1n) is 8.27. The third kappa shape index (κ3) is 3.94. The molecule has 0 amide bonds. The summed E-state index contributed by atoms with van der Waals surface area (Å²) >= 11 is 0. The molecule has 3 aromatic rings. The molecule has 0 radical (unpaired) electrons. The zero-order chi connectivity index (χ0) is 18.7. The number of nitrogens with zero attached hydrogens (tertiary/aromatic N) is 1. The summed E-state index contributed by atoms with van der Waals surface area (Å²) in [6, 6.07) is 19.9. The normalized spacial score (nSPS) is 11.3. The summed E-state index contributed by atoms with van der Waals surface area (Å²) in [5.74, 6) is -0.406. The highest BCUT2D eigenvalue weighted by atomic mass is 32.2. The molecule has 0 aromatic heterocycles. The highest BCUT2D eigenvalue weighted by molar-refractivity contribution is 7.92. The van der Waals surface area contributed by atoms with Gasteiger partial charge in [0.2, 0.25) is 0 Å². The van der Waals surface area contributed by atoms with Gasteiger partial charge < -0.3 is 0 Å². The molecule has 3 aromatic carbocycles. The Labute approximate surface area is 153 Å². The fourth-order valence-corrected chi connectivity index (χ4v) is 4.19. The molecule has 0 fully saturated rings. The molecule has 0 heterocycles. The number of aryl methyl sites for hydroxylation is 2. The van der Waals surface area contributed by atoms with Gasteiger partial charge in [0.25, 0.3) is 10.0 Å². The average molecular weight is 369 g/mol. The molecule has 0 saturated heterocycles. The van der Waals surface area contributed by atoms with Gasteiger partial charge in [-0.3, -0.25) is 4.31 Å². The van der Waals surface area contributed by atoms with Crippen LogP contribution in [0.25, 0.3) is 0 Å². The van der Waals surface area contributed by atoms with Gasteiger partial charge in [0.1, 0.15) is 5.82 Å². The van der Waals surface area contributed by atoms with E-state index in [4.69, 9.17) is 0 Å². The Morgan fingerprint density at radius 2 is 1.50 bits per heavy atom. The smallest absolute Gasteiger partial charge is 0.262 e. The highest BCUT2D eigenvalue weighted by Crippen LogP contribution is 2.26. The maximum Gasteiger partial charge on any atom is 0.264 e. The first-order chi connectivity index (χ1) is 12.4. The van der Waals surface area contributed by atoms with Gasteiger partial charge >= 0.3 is 0 Å². The quantitative estimate of drug-likeness (QED) is 0.645. The van der Waals surface area contributed by atoms with Crippen molar-refractivity contribution in [3.05, 3.63) is 95.3 Å². The molecule has 0 saturated carbocycles. The minimum absolute atomic E-state index is 0.170. The minimum atomic E-state index is -3.78. The minimum Gasteiger partial charge on any atom is -0.262 e. The van der Waals surface area contributed by atoms with E-state index in [0.29, 0.717) is 5.69 Å². The summed E-state index contributed by atoms with van der Waals surface area (Å²) in [7, 11) is -3.78. The van der Waals surface area contributed by atoms with Crippen LogP contribution in [0.4, 0.5) is 10.1 Å². The van der Waals surface area contributed by atoms with Crippen molar-refractivity contribution in [2.75, 3.05) is 4.31 Å². The van der Waals surface area contributed by atoms with Gasteiger partial charge in [0, 0.05) is 0 Å². The molecule has 0 N–H and O–H groups in total. The van der Waals surface area contributed by atoms with Crippen LogP contribution in [0.2, 0.25) is 0 Å². The van der Waals surface area contributed by atoms with Gasteiger partial charge in [-0.1, -0.05) is 47.5 Å². The summed E-state index contributed by atoms with van der Waals surface area (Å²) in [4.78, 5) is 0.208. The van der Waals surface area contributed by atoms with Gasteiger partial charge in [-0.2, -0.15) is 0 Å². The van der Waals surface area contributed by atoms with Gasteiger partial charge in [-0.15, -0.1) is 0 Å². The van der Waals surface area contributed by atoms with Crippen molar-refractivity contribution in [1.82, 2.24) is 0 Å². The zero-order valence-corrected chi connectivity index (χ0v) is 15.5. The van der Waals surface area contributed by atoms with E-state index >= 15 is 0 Å². The van der Waals surface area contributed by atoms with Crippen LogP contribution in [0, 0.1) is 19.7 Å². The first-order valence-corrected chi connectivity index (χ1v) is 9.71.